The van der Waals surface area contributed by atoms with Gasteiger partial charge in [0, 0.05) is 11.6 Å². The highest BCUT2D eigenvalue weighted by atomic mass is 16.7. The van der Waals surface area contributed by atoms with Crippen LogP contribution in [0.15, 0.2) is 30.3 Å². The predicted octanol–water partition coefficient (Wildman–Crippen LogP) is 1.42. The minimum absolute atomic E-state index is 0.0217. The summed E-state index contributed by atoms with van der Waals surface area (Å²) in [6.07, 6.45) is 3.19. The minimum Gasteiger partial charge on any atom is -0.353 e. The number of ketones is 2. The summed E-state index contributed by atoms with van der Waals surface area (Å²) < 4.78 is 11.2. The molecule has 5 heteroatoms. The van der Waals surface area contributed by atoms with E-state index in [2.05, 4.69) is 17.1 Å². The zero-order valence-electron chi connectivity index (χ0n) is 12.7. The Balaban J connectivity index is 1.69. The Morgan fingerprint density at radius 1 is 1.30 bits per heavy atom. The van der Waals surface area contributed by atoms with Gasteiger partial charge in [0.2, 0.25) is 6.29 Å². The molecule has 1 aromatic rings. The molecular formula is C18H17NO4. The number of nitrogens with zero attached hydrogens (tertiary/aromatic N) is 1. The molecule has 0 amide bonds. The standard InChI is InChI=1S/C18H17NO4/c1-9(20)16-15-13-8-22-18(23-13)17(21)14(15)12-7-6-10-4-2-3-5-11(10)19(12)16/h2-7,12-16,18H,8H2,1H3/t12-,13-,14+,15-,16+,18-/m0/s1. The van der Waals surface area contributed by atoms with Gasteiger partial charge in [0.25, 0.3) is 0 Å². The number of ether oxygens (including phenoxy) is 2. The smallest absolute Gasteiger partial charge is 0.218 e. The van der Waals surface area contributed by atoms with Gasteiger partial charge in [-0.05, 0) is 18.6 Å². The maximum Gasteiger partial charge on any atom is 0.218 e. The molecule has 0 aliphatic carbocycles. The molecule has 23 heavy (non-hydrogen) atoms. The van der Waals surface area contributed by atoms with Crippen LogP contribution in [0, 0.1) is 11.8 Å². The van der Waals surface area contributed by atoms with Crippen LogP contribution in [0.25, 0.3) is 6.08 Å². The summed E-state index contributed by atoms with van der Waals surface area (Å²) in [5.41, 5.74) is 2.11. The van der Waals surface area contributed by atoms with Crippen LogP contribution in [0.1, 0.15) is 12.5 Å². The van der Waals surface area contributed by atoms with E-state index in [1.807, 2.05) is 24.3 Å². The SMILES string of the molecule is CC(=O)[C@@H]1[C@@H]2[C@H](C(=O)[C@H]3OC[C@@H]2O3)[C@@H]2C=Cc3ccccc3N12. The molecule has 3 fully saturated rings. The molecule has 5 nitrogen and oxygen atoms in total. The van der Waals surface area contributed by atoms with Gasteiger partial charge in [-0.25, -0.2) is 0 Å². The summed E-state index contributed by atoms with van der Waals surface area (Å²) >= 11 is 0. The Hall–Kier alpha value is -1.98. The van der Waals surface area contributed by atoms with Crippen molar-refractivity contribution in [2.24, 2.45) is 11.8 Å². The van der Waals surface area contributed by atoms with Crippen molar-refractivity contribution in [1.82, 2.24) is 0 Å². The van der Waals surface area contributed by atoms with E-state index in [1.54, 1.807) is 6.92 Å². The second-order valence-electron chi connectivity index (χ2n) is 6.72. The molecule has 4 aliphatic rings. The molecule has 0 N–H and O–H groups in total. The first-order chi connectivity index (χ1) is 11.2. The van der Waals surface area contributed by atoms with Gasteiger partial charge in [-0.2, -0.15) is 0 Å². The second-order valence-corrected chi connectivity index (χ2v) is 6.72. The minimum atomic E-state index is -0.751. The Kier molecular flexibility index (Phi) is 2.65. The van der Waals surface area contributed by atoms with Crippen molar-refractivity contribution >= 4 is 23.3 Å². The van der Waals surface area contributed by atoms with E-state index in [4.69, 9.17) is 9.47 Å². The van der Waals surface area contributed by atoms with Crippen molar-refractivity contribution in [3.8, 4) is 0 Å². The molecule has 5 rings (SSSR count). The average molecular weight is 311 g/mol. The lowest BCUT2D eigenvalue weighted by atomic mass is 9.78. The lowest BCUT2D eigenvalue weighted by molar-refractivity contribution is -0.164. The number of fused-ring (bicyclic) bond motifs is 8. The van der Waals surface area contributed by atoms with Crippen LogP contribution in [0.3, 0.4) is 0 Å². The normalized spacial score (nSPS) is 39.9. The van der Waals surface area contributed by atoms with Crippen molar-refractivity contribution < 1.29 is 19.1 Å². The van der Waals surface area contributed by atoms with Gasteiger partial charge >= 0.3 is 0 Å². The van der Waals surface area contributed by atoms with Crippen molar-refractivity contribution in [2.75, 3.05) is 11.5 Å². The number of benzene rings is 1. The molecule has 4 heterocycles. The summed E-state index contributed by atoms with van der Waals surface area (Å²) in [6.45, 7) is 2.00. The zero-order chi connectivity index (χ0) is 15.7. The molecule has 1 aromatic carbocycles. The molecule has 4 aliphatic heterocycles. The quantitative estimate of drug-likeness (QED) is 0.785. The highest BCUT2D eigenvalue weighted by Gasteiger charge is 2.62. The van der Waals surface area contributed by atoms with Crippen LogP contribution >= 0.6 is 0 Å². The predicted molar refractivity (Wildman–Crippen MR) is 82.8 cm³/mol. The first-order valence-corrected chi connectivity index (χ1v) is 8.03. The molecule has 6 atom stereocenters. The van der Waals surface area contributed by atoms with E-state index in [9.17, 15) is 9.59 Å². The van der Waals surface area contributed by atoms with Crippen molar-refractivity contribution in [1.29, 1.82) is 0 Å². The summed E-state index contributed by atoms with van der Waals surface area (Å²) in [5, 5.41) is 0. The van der Waals surface area contributed by atoms with Crippen molar-refractivity contribution in [3.63, 3.8) is 0 Å². The molecule has 0 aromatic heterocycles. The van der Waals surface area contributed by atoms with Crippen LogP contribution in [0.4, 0.5) is 5.69 Å². The molecule has 3 saturated heterocycles. The number of anilines is 1. The van der Waals surface area contributed by atoms with Gasteiger partial charge in [-0.1, -0.05) is 30.4 Å². The number of Topliss-reactive ketones (excluding diaryl/α,β-unsaturated/α-hetero) is 2. The first-order valence-electron chi connectivity index (χ1n) is 8.03. The van der Waals surface area contributed by atoms with Gasteiger partial charge in [0.05, 0.1) is 30.7 Å². The van der Waals surface area contributed by atoms with E-state index in [0.29, 0.717) is 6.61 Å². The number of hydrogen-bond acceptors (Lipinski definition) is 5. The number of para-hydroxylation sites is 1. The van der Waals surface area contributed by atoms with E-state index in [0.717, 1.165) is 11.3 Å². The van der Waals surface area contributed by atoms with Crippen LogP contribution in [-0.2, 0) is 19.1 Å². The first kappa shape index (κ1) is 13.5. The Morgan fingerprint density at radius 2 is 2.13 bits per heavy atom. The Morgan fingerprint density at radius 3 is 2.96 bits per heavy atom. The zero-order valence-corrected chi connectivity index (χ0v) is 12.7. The lowest BCUT2D eigenvalue weighted by Gasteiger charge is -2.35. The third-order valence-electron chi connectivity index (χ3n) is 5.57. The summed E-state index contributed by atoms with van der Waals surface area (Å²) in [4.78, 5) is 27.4. The van der Waals surface area contributed by atoms with Crippen molar-refractivity contribution in [3.05, 3.63) is 35.9 Å². The molecule has 118 valence electrons. The number of carbonyl (C=O) groups is 2. The average Bonchev–Trinajstić information content (AvgIpc) is 3.13. The maximum absolute atomic E-state index is 12.8. The summed E-state index contributed by atoms with van der Waals surface area (Å²) in [6, 6.07) is 7.59. The number of rotatable bonds is 1. The third-order valence-corrected chi connectivity index (χ3v) is 5.57. The van der Waals surface area contributed by atoms with E-state index >= 15 is 0 Å². The summed E-state index contributed by atoms with van der Waals surface area (Å²) in [7, 11) is 0. The lowest BCUT2D eigenvalue weighted by Crippen LogP contribution is -2.48. The van der Waals surface area contributed by atoms with E-state index < -0.39 is 6.29 Å². The largest absolute Gasteiger partial charge is 0.353 e. The molecule has 0 radical (unpaired) electrons. The fourth-order valence-electron chi connectivity index (χ4n) is 4.74. The second kappa shape index (κ2) is 4.52. The highest BCUT2D eigenvalue weighted by Crippen LogP contribution is 2.50. The van der Waals surface area contributed by atoms with E-state index in [-0.39, 0.29) is 41.6 Å². The van der Waals surface area contributed by atoms with E-state index in [1.165, 1.54) is 0 Å². The third kappa shape index (κ3) is 1.64. The van der Waals surface area contributed by atoms with Gasteiger partial charge in [0.15, 0.2) is 11.6 Å². The summed E-state index contributed by atoms with van der Waals surface area (Å²) in [5.74, 6) is -0.319. The van der Waals surface area contributed by atoms with Gasteiger partial charge in [0.1, 0.15) is 0 Å². The highest BCUT2D eigenvalue weighted by molar-refractivity contribution is 5.95. The van der Waals surface area contributed by atoms with Gasteiger partial charge < -0.3 is 14.4 Å². The topological polar surface area (TPSA) is 55.8 Å². The molecule has 0 unspecified atom stereocenters. The monoisotopic (exact) mass is 311 g/mol. The molecule has 0 saturated carbocycles. The van der Waals surface area contributed by atoms with Gasteiger partial charge in [-0.15, -0.1) is 0 Å². The van der Waals surface area contributed by atoms with Crippen LogP contribution in [-0.4, -0.2) is 42.7 Å². The maximum atomic E-state index is 12.8. The Bertz CT molecular complexity index is 742. The molecular weight excluding hydrogens is 294 g/mol. The Labute approximate surface area is 133 Å². The van der Waals surface area contributed by atoms with Crippen LogP contribution in [0.5, 0.6) is 0 Å². The van der Waals surface area contributed by atoms with Crippen LogP contribution < -0.4 is 4.90 Å². The van der Waals surface area contributed by atoms with Crippen molar-refractivity contribution in [2.45, 2.75) is 31.4 Å². The molecule has 0 spiro atoms. The fourth-order valence-corrected chi connectivity index (χ4v) is 4.74. The number of carbonyl (C=O) groups excluding carboxylic acids is 2. The van der Waals surface area contributed by atoms with Gasteiger partial charge in [-0.3, -0.25) is 9.59 Å². The fraction of sp³-hybridized carbons (Fsp3) is 0.444. The number of hydrogen-bond donors (Lipinski definition) is 0. The molecule has 2 bridgehead atoms. The van der Waals surface area contributed by atoms with Crippen LogP contribution in [0.2, 0.25) is 0 Å².